The van der Waals surface area contributed by atoms with Gasteiger partial charge in [-0.3, -0.25) is 9.48 Å². The number of carbonyl (C=O) groups excluding carboxylic acids is 1. The number of anilines is 1. The van der Waals surface area contributed by atoms with Crippen molar-refractivity contribution in [3.63, 3.8) is 0 Å². The number of amides is 1. The molecule has 24 heavy (non-hydrogen) atoms. The molecule has 128 valence electrons. The van der Waals surface area contributed by atoms with Crippen molar-refractivity contribution in [3.05, 3.63) is 47.8 Å². The molecule has 0 aliphatic carbocycles. The number of nitrogens with one attached hydrogen (secondary N) is 1. The molecule has 1 fully saturated rings. The van der Waals surface area contributed by atoms with Crippen molar-refractivity contribution in [1.82, 2.24) is 9.78 Å². The number of aromatic nitrogens is 2. The van der Waals surface area contributed by atoms with Crippen molar-refractivity contribution in [2.45, 2.75) is 32.2 Å². The Hall–Kier alpha value is -2.15. The molecule has 0 saturated carbocycles. The van der Waals surface area contributed by atoms with Crippen molar-refractivity contribution in [2.75, 3.05) is 16.8 Å². The number of nitrogens with zero attached hydrogens (tertiary/aromatic N) is 2. The summed E-state index contributed by atoms with van der Waals surface area (Å²) in [5.41, 5.74) is 1.90. The first-order chi connectivity index (χ1) is 11.4. The molecule has 1 aromatic carbocycles. The number of benzene rings is 1. The Balaban J connectivity index is 1.87. The highest BCUT2D eigenvalue weighted by Gasteiger charge is 2.32. The van der Waals surface area contributed by atoms with E-state index in [1.54, 1.807) is 10.7 Å². The number of sulfone groups is 1. The predicted molar refractivity (Wildman–Crippen MR) is 93.0 cm³/mol. The minimum atomic E-state index is -3.01. The minimum Gasteiger partial charge on any atom is -0.321 e. The highest BCUT2D eigenvalue weighted by atomic mass is 32.2. The SMILES string of the molecule is CC(C)c1cc(C(=O)Nc2ccccc2)nn1C1CCS(=O)(=O)C1. The van der Waals surface area contributed by atoms with E-state index in [9.17, 15) is 13.2 Å². The Morgan fingerprint density at radius 3 is 2.58 bits per heavy atom. The summed E-state index contributed by atoms with van der Waals surface area (Å²) in [6.45, 7) is 4.02. The lowest BCUT2D eigenvalue weighted by Crippen LogP contribution is -2.17. The maximum absolute atomic E-state index is 12.4. The van der Waals surface area contributed by atoms with Gasteiger partial charge in [-0.25, -0.2) is 8.42 Å². The summed E-state index contributed by atoms with van der Waals surface area (Å²) in [4.78, 5) is 12.4. The second-order valence-corrected chi connectivity index (χ2v) is 8.66. The molecule has 6 nitrogen and oxygen atoms in total. The van der Waals surface area contributed by atoms with Crippen LogP contribution in [0, 0.1) is 0 Å². The van der Waals surface area contributed by atoms with Crippen LogP contribution in [0.15, 0.2) is 36.4 Å². The first-order valence-electron chi connectivity index (χ1n) is 8.02. The van der Waals surface area contributed by atoms with Crippen LogP contribution in [-0.2, 0) is 9.84 Å². The van der Waals surface area contributed by atoms with E-state index in [2.05, 4.69) is 10.4 Å². The van der Waals surface area contributed by atoms with Gasteiger partial charge in [0.25, 0.3) is 5.91 Å². The van der Waals surface area contributed by atoms with Gasteiger partial charge >= 0.3 is 0 Å². The summed E-state index contributed by atoms with van der Waals surface area (Å²) < 4.78 is 25.2. The van der Waals surface area contributed by atoms with Gasteiger partial charge in [-0.15, -0.1) is 0 Å². The fourth-order valence-electron chi connectivity index (χ4n) is 2.93. The average molecular weight is 347 g/mol. The van der Waals surface area contributed by atoms with Gasteiger partial charge in [0.1, 0.15) is 0 Å². The molecule has 0 radical (unpaired) electrons. The van der Waals surface area contributed by atoms with Crippen LogP contribution in [0.4, 0.5) is 5.69 Å². The van der Waals surface area contributed by atoms with E-state index in [1.165, 1.54) is 0 Å². The first-order valence-corrected chi connectivity index (χ1v) is 9.84. The Labute approximate surface area is 141 Å². The third-order valence-electron chi connectivity index (χ3n) is 4.17. The van der Waals surface area contributed by atoms with Gasteiger partial charge in [0.15, 0.2) is 15.5 Å². The third-order valence-corrected chi connectivity index (χ3v) is 5.93. The monoisotopic (exact) mass is 347 g/mol. The van der Waals surface area contributed by atoms with Crippen LogP contribution < -0.4 is 5.32 Å². The number of para-hydroxylation sites is 1. The Kier molecular flexibility index (Phi) is 4.45. The summed E-state index contributed by atoms with van der Waals surface area (Å²) in [6, 6.07) is 10.7. The summed E-state index contributed by atoms with van der Waals surface area (Å²) in [7, 11) is -3.01. The molecule has 1 atom stereocenters. The van der Waals surface area contributed by atoms with Crippen molar-refractivity contribution < 1.29 is 13.2 Å². The van der Waals surface area contributed by atoms with Crippen LogP contribution in [0.3, 0.4) is 0 Å². The number of hydrogen-bond acceptors (Lipinski definition) is 4. The molecule has 2 aromatic rings. The molecule has 1 aromatic heterocycles. The number of carbonyl (C=O) groups is 1. The summed E-state index contributed by atoms with van der Waals surface area (Å²) in [5.74, 6) is 0.135. The Morgan fingerprint density at radius 2 is 2.00 bits per heavy atom. The molecular weight excluding hydrogens is 326 g/mol. The average Bonchev–Trinajstić information content (AvgIpc) is 3.11. The predicted octanol–water partition coefficient (Wildman–Crippen LogP) is 2.62. The second kappa shape index (κ2) is 6.39. The van der Waals surface area contributed by atoms with Gasteiger partial charge in [-0.05, 0) is 30.5 Å². The number of hydrogen-bond donors (Lipinski definition) is 1. The summed E-state index contributed by atoms with van der Waals surface area (Å²) >= 11 is 0. The van der Waals surface area contributed by atoms with Gasteiger partial charge in [0.05, 0.1) is 17.5 Å². The van der Waals surface area contributed by atoms with Gasteiger partial charge in [-0.1, -0.05) is 32.0 Å². The van der Waals surface area contributed by atoms with Gasteiger partial charge in [0.2, 0.25) is 0 Å². The first kappa shape index (κ1) is 16.7. The van der Waals surface area contributed by atoms with Gasteiger partial charge in [0, 0.05) is 11.4 Å². The fraction of sp³-hybridized carbons (Fsp3) is 0.412. The molecule has 3 rings (SSSR count). The largest absolute Gasteiger partial charge is 0.321 e. The quantitative estimate of drug-likeness (QED) is 0.922. The molecule has 1 aliphatic rings. The van der Waals surface area contributed by atoms with Gasteiger partial charge < -0.3 is 5.32 Å². The van der Waals surface area contributed by atoms with Crippen molar-refractivity contribution in [2.24, 2.45) is 0 Å². The van der Waals surface area contributed by atoms with Crippen LogP contribution in [-0.4, -0.2) is 35.6 Å². The Morgan fingerprint density at radius 1 is 1.29 bits per heavy atom. The standard InChI is InChI=1S/C17H21N3O3S/c1-12(2)16-10-15(17(21)18-13-6-4-3-5-7-13)19-20(16)14-8-9-24(22,23)11-14/h3-7,10,12,14H,8-9,11H2,1-2H3,(H,18,21). The van der Waals surface area contributed by atoms with Crippen molar-refractivity contribution >= 4 is 21.4 Å². The zero-order valence-corrected chi connectivity index (χ0v) is 14.6. The molecular formula is C17H21N3O3S. The van der Waals surface area contributed by atoms with E-state index in [1.807, 2.05) is 44.2 Å². The smallest absolute Gasteiger partial charge is 0.276 e. The minimum absolute atomic E-state index is 0.0914. The van der Waals surface area contributed by atoms with E-state index >= 15 is 0 Å². The van der Waals surface area contributed by atoms with E-state index < -0.39 is 9.84 Å². The van der Waals surface area contributed by atoms with Crippen LogP contribution in [0.25, 0.3) is 0 Å². The molecule has 2 heterocycles. The highest BCUT2D eigenvalue weighted by Crippen LogP contribution is 2.28. The zero-order chi connectivity index (χ0) is 17.3. The lowest BCUT2D eigenvalue weighted by molar-refractivity contribution is 0.102. The van der Waals surface area contributed by atoms with Crippen LogP contribution in [0.1, 0.15) is 48.4 Å². The molecule has 0 spiro atoms. The molecule has 1 aliphatic heterocycles. The van der Waals surface area contributed by atoms with E-state index in [-0.39, 0.29) is 29.4 Å². The molecule has 0 bridgehead atoms. The topological polar surface area (TPSA) is 81.1 Å². The molecule has 7 heteroatoms. The van der Waals surface area contributed by atoms with Crippen LogP contribution in [0.5, 0.6) is 0 Å². The van der Waals surface area contributed by atoms with Gasteiger partial charge in [-0.2, -0.15) is 5.10 Å². The lowest BCUT2D eigenvalue weighted by atomic mass is 10.1. The van der Waals surface area contributed by atoms with Crippen LogP contribution in [0.2, 0.25) is 0 Å². The summed E-state index contributed by atoms with van der Waals surface area (Å²) in [6.07, 6.45) is 0.545. The lowest BCUT2D eigenvalue weighted by Gasteiger charge is -2.15. The second-order valence-electron chi connectivity index (χ2n) is 6.43. The van der Waals surface area contributed by atoms with E-state index in [4.69, 9.17) is 0 Å². The molecule has 1 saturated heterocycles. The van der Waals surface area contributed by atoms with Crippen LogP contribution >= 0.6 is 0 Å². The fourth-order valence-corrected chi connectivity index (χ4v) is 4.62. The normalized spacial score (nSPS) is 19.5. The van der Waals surface area contributed by atoms with E-state index in [0.29, 0.717) is 17.8 Å². The maximum atomic E-state index is 12.4. The molecule has 1 N–H and O–H groups in total. The highest BCUT2D eigenvalue weighted by molar-refractivity contribution is 7.91. The van der Waals surface area contributed by atoms with Crippen molar-refractivity contribution in [3.8, 4) is 0 Å². The Bertz CT molecular complexity index is 841. The van der Waals surface area contributed by atoms with Crippen molar-refractivity contribution in [1.29, 1.82) is 0 Å². The summed E-state index contributed by atoms with van der Waals surface area (Å²) in [5, 5.41) is 7.23. The molecule has 1 unspecified atom stereocenters. The molecule has 1 amide bonds. The third kappa shape index (κ3) is 3.51. The number of rotatable bonds is 4. The zero-order valence-electron chi connectivity index (χ0n) is 13.8. The van der Waals surface area contributed by atoms with E-state index in [0.717, 1.165) is 5.69 Å². The maximum Gasteiger partial charge on any atom is 0.276 e.